The molecule has 7 heteroatoms. The summed E-state index contributed by atoms with van der Waals surface area (Å²) in [5, 5.41) is 0.572. The van der Waals surface area contributed by atoms with Gasteiger partial charge in [-0.1, -0.05) is 25.1 Å². The number of halogens is 1. The van der Waals surface area contributed by atoms with Crippen LogP contribution in [0.4, 0.5) is 4.39 Å². The van der Waals surface area contributed by atoms with Crippen LogP contribution in [-0.2, 0) is 24.2 Å². The molecule has 136 valence electrons. The van der Waals surface area contributed by atoms with Crippen LogP contribution in [0.5, 0.6) is 0 Å². The van der Waals surface area contributed by atoms with Crippen LogP contribution in [0.3, 0.4) is 0 Å². The molecule has 2 N–H and O–H groups in total. The molecule has 1 amide bonds. The molecule has 3 rings (SSSR count). The highest BCUT2D eigenvalue weighted by Gasteiger charge is 2.15. The summed E-state index contributed by atoms with van der Waals surface area (Å²) in [5.41, 5.74) is 5.53. The van der Waals surface area contributed by atoms with E-state index in [1.165, 1.54) is 17.4 Å². The van der Waals surface area contributed by atoms with Gasteiger partial charge in [-0.2, -0.15) is 0 Å². The number of amides is 1. The van der Waals surface area contributed by atoms with E-state index in [9.17, 15) is 14.0 Å². The van der Waals surface area contributed by atoms with Crippen LogP contribution in [0.15, 0.2) is 35.1 Å². The fraction of sp³-hybridized carbons (Fsp3) is 0.316. The highest BCUT2D eigenvalue weighted by Crippen LogP contribution is 2.23. The van der Waals surface area contributed by atoms with Crippen LogP contribution in [0.1, 0.15) is 36.0 Å². The Bertz CT molecular complexity index is 1010. The first-order chi connectivity index (χ1) is 12.5. The summed E-state index contributed by atoms with van der Waals surface area (Å²) in [6.07, 6.45) is 1.67. The van der Waals surface area contributed by atoms with Crippen LogP contribution < -0.4 is 11.3 Å². The van der Waals surface area contributed by atoms with Gasteiger partial charge in [-0.05, 0) is 30.5 Å². The number of carbonyl (C=O) groups is 1. The number of benzene rings is 1. The predicted octanol–water partition coefficient (Wildman–Crippen LogP) is 3.02. The molecule has 3 aromatic rings. The molecule has 0 atom stereocenters. The molecule has 0 saturated carbocycles. The Balaban J connectivity index is 2.06. The first kappa shape index (κ1) is 18.3. The Morgan fingerprint density at radius 2 is 2.12 bits per heavy atom. The molecule has 5 nitrogen and oxygen atoms in total. The Labute approximate surface area is 154 Å². The van der Waals surface area contributed by atoms with Gasteiger partial charge >= 0.3 is 0 Å². The van der Waals surface area contributed by atoms with E-state index in [0.717, 1.165) is 11.3 Å². The summed E-state index contributed by atoms with van der Waals surface area (Å²) >= 11 is 1.49. The number of rotatable bonds is 7. The number of hydrogen-bond donors (Lipinski definition) is 1. The van der Waals surface area contributed by atoms with Crippen LogP contribution in [-0.4, -0.2) is 15.5 Å². The Morgan fingerprint density at radius 1 is 1.35 bits per heavy atom. The highest BCUT2D eigenvalue weighted by atomic mass is 32.1. The zero-order valence-electron chi connectivity index (χ0n) is 14.5. The first-order valence-electron chi connectivity index (χ1n) is 8.53. The van der Waals surface area contributed by atoms with Crippen molar-refractivity contribution in [3.8, 4) is 0 Å². The molecule has 0 radical (unpaired) electrons. The summed E-state index contributed by atoms with van der Waals surface area (Å²) < 4.78 is 15.6. The molecule has 2 aromatic heterocycles. The number of hydrogen-bond acceptors (Lipinski definition) is 4. The van der Waals surface area contributed by atoms with Crippen molar-refractivity contribution in [2.75, 3.05) is 0 Å². The van der Waals surface area contributed by atoms with Crippen LogP contribution in [0.2, 0.25) is 0 Å². The fourth-order valence-corrected chi connectivity index (χ4v) is 3.85. The molecule has 26 heavy (non-hydrogen) atoms. The van der Waals surface area contributed by atoms with Crippen molar-refractivity contribution < 1.29 is 9.18 Å². The SMILES string of the molecule is CCc1cc2c(=O)n(CCCC(N)=O)c(Cc3ccccc3F)nc2s1. The molecular weight excluding hydrogens is 353 g/mol. The third kappa shape index (κ3) is 3.83. The molecule has 1 aromatic carbocycles. The van der Waals surface area contributed by atoms with E-state index in [1.54, 1.807) is 22.8 Å². The average Bonchev–Trinajstić information content (AvgIpc) is 3.03. The molecule has 0 aliphatic rings. The van der Waals surface area contributed by atoms with Crippen LogP contribution in [0, 0.1) is 5.82 Å². The maximum Gasteiger partial charge on any atom is 0.262 e. The largest absolute Gasteiger partial charge is 0.370 e. The summed E-state index contributed by atoms with van der Waals surface area (Å²) in [6, 6.07) is 8.33. The van der Waals surface area contributed by atoms with E-state index < -0.39 is 5.91 Å². The Kier molecular flexibility index (Phi) is 5.46. The summed E-state index contributed by atoms with van der Waals surface area (Å²) in [7, 11) is 0. The van der Waals surface area contributed by atoms with Crippen molar-refractivity contribution in [3.63, 3.8) is 0 Å². The van der Waals surface area contributed by atoms with E-state index in [1.807, 2.05) is 13.0 Å². The molecular formula is C19H20FN3O2S. The van der Waals surface area contributed by atoms with Gasteiger partial charge in [0.1, 0.15) is 16.5 Å². The third-order valence-electron chi connectivity index (χ3n) is 4.24. The van der Waals surface area contributed by atoms with E-state index in [4.69, 9.17) is 5.73 Å². The number of thiophene rings is 1. The lowest BCUT2D eigenvalue weighted by Crippen LogP contribution is -2.26. The third-order valence-corrected chi connectivity index (χ3v) is 5.41. The van der Waals surface area contributed by atoms with Crippen molar-refractivity contribution in [3.05, 3.63) is 62.8 Å². The summed E-state index contributed by atoms with van der Waals surface area (Å²) in [5.74, 6) is -0.237. The molecule has 2 heterocycles. The summed E-state index contributed by atoms with van der Waals surface area (Å²) in [4.78, 5) is 30.4. The Hall–Kier alpha value is -2.54. The van der Waals surface area contributed by atoms with Crippen molar-refractivity contribution >= 4 is 27.5 Å². The number of aromatic nitrogens is 2. The van der Waals surface area contributed by atoms with Crippen LogP contribution >= 0.6 is 11.3 Å². The first-order valence-corrected chi connectivity index (χ1v) is 9.35. The maximum atomic E-state index is 14.1. The molecule has 0 saturated heterocycles. The van der Waals surface area contributed by atoms with Gasteiger partial charge in [0.05, 0.1) is 5.39 Å². The second-order valence-electron chi connectivity index (χ2n) is 6.11. The Morgan fingerprint density at radius 3 is 2.81 bits per heavy atom. The number of nitrogens with zero attached hydrogens (tertiary/aromatic N) is 2. The minimum atomic E-state index is -0.411. The minimum Gasteiger partial charge on any atom is -0.370 e. The number of primary amides is 1. The standard InChI is InChI=1S/C19H20FN3O2S/c1-2-13-11-14-18(26-13)22-17(10-12-6-3-4-7-15(12)20)23(19(14)25)9-5-8-16(21)24/h3-4,6-7,11H,2,5,8-10H2,1H3,(H2,21,24). The van der Waals surface area contributed by atoms with E-state index in [-0.39, 0.29) is 24.2 Å². The zero-order valence-corrected chi connectivity index (χ0v) is 15.3. The van der Waals surface area contributed by atoms with Gasteiger partial charge in [0.25, 0.3) is 5.56 Å². The van der Waals surface area contributed by atoms with Gasteiger partial charge in [0, 0.05) is 24.3 Å². The van der Waals surface area contributed by atoms with Crippen molar-refractivity contribution in [2.24, 2.45) is 5.73 Å². The molecule has 0 fully saturated rings. The van der Waals surface area contributed by atoms with Gasteiger partial charge in [-0.3, -0.25) is 14.2 Å². The highest BCUT2D eigenvalue weighted by molar-refractivity contribution is 7.18. The second-order valence-corrected chi connectivity index (χ2v) is 7.22. The normalized spacial score (nSPS) is 11.2. The number of aryl methyl sites for hydroxylation is 1. The zero-order chi connectivity index (χ0) is 18.7. The van der Waals surface area contributed by atoms with Gasteiger partial charge in [0.15, 0.2) is 0 Å². The fourth-order valence-electron chi connectivity index (χ4n) is 2.87. The van der Waals surface area contributed by atoms with Gasteiger partial charge < -0.3 is 5.73 Å². The lowest BCUT2D eigenvalue weighted by atomic mass is 10.1. The lowest BCUT2D eigenvalue weighted by Gasteiger charge is -2.12. The predicted molar refractivity (Wildman–Crippen MR) is 101 cm³/mol. The van der Waals surface area contributed by atoms with E-state index in [2.05, 4.69) is 4.98 Å². The van der Waals surface area contributed by atoms with Gasteiger partial charge in [0.2, 0.25) is 5.91 Å². The minimum absolute atomic E-state index is 0.151. The van der Waals surface area contributed by atoms with Gasteiger partial charge in [-0.25, -0.2) is 9.37 Å². The molecule has 0 aliphatic carbocycles. The average molecular weight is 373 g/mol. The topological polar surface area (TPSA) is 78.0 Å². The second kappa shape index (κ2) is 7.78. The molecule has 0 bridgehead atoms. The van der Waals surface area contributed by atoms with E-state index in [0.29, 0.717) is 34.6 Å². The lowest BCUT2D eigenvalue weighted by molar-refractivity contribution is -0.118. The number of nitrogens with two attached hydrogens (primary N) is 1. The van der Waals surface area contributed by atoms with Crippen molar-refractivity contribution in [1.82, 2.24) is 9.55 Å². The van der Waals surface area contributed by atoms with Crippen molar-refractivity contribution in [1.29, 1.82) is 0 Å². The van der Waals surface area contributed by atoms with Crippen molar-refractivity contribution in [2.45, 2.75) is 39.2 Å². The smallest absolute Gasteiger partial charge is 0.262 e. The van der Waals surface area contributed by atoms with E-state index >= 15 is 0 Å². The van der Waals surface area contributed by atoms with Crippen LogP contribution in [0.25, 0.3) is 10.2 Å². The van der Waals surface area contributed by atoms with Gasteiger partial charge in [-0.15, -0.1) is 11.3 Å². The molecule has 0 aliphatic heterocycles. The molecule has 0 unspecified atom stereocenters. The monoisotopic (exact) mass is 373 g/mol. The summed E-state index contributed by atoms with van der Waals surface area (Å²) in [6.45, 7) is 2.35. The quantitative estimate of drug-likeness (QED) is 0.691. The number of carbonyl (C=O) groups excluding carboxylic acids is 1. The number of fused-ring (bicyclic) bond motifs is 1. The maximum absolute atomic E-state index is 14.1. The molecule has 0 spiro atoms.